The third-order valence-electron chi connectivity index (χ3n) is 5.82. The summed E-state index contributed by atoms with van der Waals surface area (Å²) in [5.41, 5.74) is 3.08. The molecule has 0 radical (unpaired) electrons. The van der Waals surface area contributed by atoms with Crippen LogP contribution in [-0.4, -0.2) is 60.1 Å². The third kappa shape index (κ3) is 5.19. The largest absolute Gasteiger partial charge is 0.379 e. The van der Waals surface area contributed by atoms with Gasteiger partial charge < -0.3 is 9.64 Å². The number of pyridine rings is 1. The normalized spacial score (nSPS) is 20.6. The number of benzene rings is 1. The summed E-state index contributed by atoms with van der Waals surface area (Å²) in [6.07, 6.45) is 5.74. The molecule has 2 fully saturated rings. The number of amides is 1. The van der Waals surface area contributed by atoms with Crippen LogP contribution >= 0.6 is 0 Å². The number of likely N-dealkylation sites (tertiary alicyclic amines) is 1. The van der Waals surface area contributed by atoms with Crippen molar-refractivity contribution >= 4 is 5.91 Å². The molecule has 0 aliphatic carbocycles. The van der Waals surface area contributed by atoms with Gasteiger partial charge >= 0.3 is 0 Å². The number of halogens is 1. The highest BCUT2D eigenvalue weighted by atomic mass is 19.1. The van der Waals surface area contributed by atoms with E-state index in [4.69, 9.17) is 4.74 Å². The first-order chi connectivity index (χ1) is 14.2. The third-order valence-corrected chi connectivity index (χ3v) is 5.82. The van der Waals surface area contributed by atoms with Crippen LogP contribution < -0.4 is 0 Å². The zero-order valence-corrected chi connectivity index (χ0v) is 16.7. The molecule has 5 nitrogen and oxygen atoms in total. The second kappa shape index (κ2) is 9.46. The van der Waals surface area contributed by atoms with Gasteiger partial charge in [-0.25, -0.2) is 4.39 Å². The van der Waals surface area contributed by atoms with Gasteiger partial charge in [-0.15, -0.1) is 0 Å². The lowest BCUT2D eigenvalue weighted by atomic mass is 9.95. The molecule has 1 atom stereocenters. The molecule has 1 aromatic heterocycles. The number of hydrogen-bond donors (Lipinski definition) is 0. The molecule has 0 unspecified atom stereocenters. The molecule has 6 heteroatoms. The number of rotatable bonds is 5. The minimum Gasteiger partial charge on any atom is -0.379 e. The summed E-state index contributed by atoms with van der Waals surface area (Å²) in [5.74, 6) is -0.0248. The van der Waals surface area contributed by atoms with Crippen molar-refractivity contribution in [2.75, 3.05) is 39.4 Å². The second-order valence-corrected chi connectivity index (χ2v) is 7.87. The van der Waals surface area contributed by atoms with Gasteiger partial charge in [-0.3, -0.25) is 14.7 Å². The number of morpholine rings is 1. The van der Waals surface area contributed by atoms with Gasteiger partial charge in [0.2, 0.25) is 5.91 Å². The Bertz CT molecular complexity index is 804. The van der Waals surface area contributed by atoms with Crippen molar-refractivity contribution in [1.29, 1.82) is 0 Å². The Hall–Kier alpha value is -2.31. The first-order valence-corrected chi connectivity index (χ1v) is 10.5. The number of piperidine rings is 1. The second-order valence-electron chi connectivity index (χ2n) is 7.87. The van der Waals surface area contributed by atoms with E-state index in [9.17, 15) is 9.18 Å². The van der Waals surface area contributed by atoms with Crippen LogP contribution in [0.4, 0.5) is 4.39 Å². The van der Waals surface area contributed by atoms with Crippen LogP contribution in [-0.2, 0) is 16.0 Å². The van der Waals surface area contributed by atoms with Crippen LogP contribution in [0.5, 0.6) is 0 Å². The van der Waals surface area contributed by atoms with E-state index in [-0.39, 0.29) is 17.8 Å². The molecule has 154 valence electrons. The van der Waals surface area contributed by atoms with Crippen molar-refractivity contribution in [3.63, 3.8) is 0 Å². The number of hydrogen-bond acceptors (Lipinski definition) is 4. The summed E-state index contributed by atoms with van der Waals surface area (Å²) in [6.45, 7) is 4.33. The molecule has 29 heavy (non-hydrogen) atoms. The van der Waals surface area contributed by atoms with Crippen LogP contribution in [0.3, 0.4) is 0 Å². The Morgan fingerprint density at radius 3 is 2.59 bits per heavy atom. The summed E-state index contributed by atoms with van der Waals surface area (Å²) < 4.78 is 18.5. The highest BCUT2D eigenvalue weighted by molar-refractivity contribution is 5.79. The Morgan fingerprint density at radius 2 is 1.86 bits per heavy atom. The van der Waals surface area contributed by atoms with E-state index in [2.05, 4.69) is 16.0 Å². The molecular formula is C23H28FN3O2. The van der Waals surface area contributed by atoms with E-state index in [1.54, 1.807) is 12.1 Å². The lowest BCUT2D eigenvalue weighted by molar-refractivity contribution is -0.137. The highest BCUT2D eigenvalue weighted by Crippen LogP contribution is 2.31. The Morgan fingerprint density at radius 1 is 1.07 bits per heavy atom. The zero-order valence-electron chi connectivity index (χ0n) is 16.7. The van der Waals surface area contributed by atoms with Crippen LogP contribution in [0, 0.1) is 5.82 Å². The van der Waals surface area contributed by atoms with Crippen molar-refractivity contribution in [1.82, 2.24) is 14.8 Å². The Balaban J connectivity index is 1.42. The van der Waals surface area contributed by atoms with Gasteiger partial charge in [0.15, 0.2) is 0 Å². The first kappa shape index (κ1) is 20.0. The maximum absolute atomic E-state index is 13.1. The fourth-order valence-electron chi connectivity index (χ4n) is 4.17. The number of aromatic nitrogens is 1. The predicted octanol–water partition coefficient (Wildman–Crippen LogP) is 3.20. The van der Waals surface area contributed by atoms with E-state index in [0.717, 1.165) is 55.7 Å². The summed E-state index contributed by atoms with van der Waals surface area (Å²) >= 11 is 0. The fourth-order valence-corrected chi connectivity index (χ4v) is 4.17. The number of carbonyl (C=O) groups excluding carboxylic acids is 1. The van der Waals surface area contributed by atoms with Gasteiger partial charge in [0.25, 0.3) is 0 Å². The lowest BCUT2D eigenvalue weighted by Gasteiger charge is -2.37. The summed E-state index contributed by atoms with van der Waals surface area (Å²) in [6, 6.07) is 10.8. The molecule has 2 aromatic rings. The molecule has 4 rings (SSSR count). The van der Waals surface area contributed by atoms with E-state index in [1.807, 2.05) is 17.2 Å². The number of ether oxygens (including phenoxy) is 1. The van der Waals surface area contributed by atoms with Crippen LogP contribution in [0.2, 0.25) is 0 Å². The molecule has 2 aliphatic heterocycles. The first-order valence-electron chi connectivity index (χ1n) is 10.5. The highest BCUT2D eigenvalue weighted by Gasteiger charge is 2.29. The monoisotopic (exact) mass is 397 g/mol. The molecule has 2 saturated heterocycles. The van der Waals surface area contributed by atoms with Gasteiger partial charge in [0.1, 0.15) is 5.82 Å². The maximum Gasteiger partial charge on any atom is 0.237 e. The Kier molecular flexibility index (Phi) is 6.52. The number of carbonyl (C=O) groups is 1. The summed E-state index contributed by atoms with van der Waals surface area (Å²) in [7, 11) is 0. The lowest BCUT2D eigenvalue weighted by Crippen LogP contribution is -2.47. The minimum absolute atomic E-state index is 0.102. The average molecular weight is 397 g/mol. The van der Waals surface area contributed by atoms with Gasteiger partial charge in [0.05, 0.1) is 25.8 Å². The van der Waals surface area contributed by atoms with Crippen molar-refractivity contribution in [2.24, 2.45) is 0 Å². The molecular weight excluding hydrogens is 369 g/mol. The van der Waals surface area contributed by atoms with Crippen LogP contribution in [0.25, 0.3) is 0 Å². The van der Waals surface area contributed by atoms with Crippen molar-refractivity contribution < 1.29 is 13.9 Å². The van der Waals surface area contributed by atoms with E-state index >= 15 is 0 Å². The van der Waals surface area contributed by atoms with Gasteiger partial charge in [-0.2, -0.15) is 0 Å². The number of nitrogens with zero attached hydrogens (tertiary/aromatic N) is 3. The van der Waals surface area contributed by atoms with Gasteiger partial charge in [-0.1, -0.05) is 18.2 Å². The minimum atomic E-state index is -0.226. The molecule has 0 saturated carbocycles. The van der Waals surface area contributed by atoms with Crippen molar-refractivity contribution in [3.8, 4) is 0 Å². The van der Waals surface area contributed by atoms with Gasteiger partial charge in [0, 0.05) is 37.9 Å². The van der Waals surface area contributed by atoms with E-state index < -0.39 is 0 Å². The smallest absolute Gasteiger partial charge is 0.237 e. The van der Waals surface area contributed by atoms with Crippen LogP contribution in [0.1, 0.15) is 42.1 Å². The summed E-state index contributed by atoms with van der Waals surface area (Å²) in [5, 5.41) is 0. The summed E-state index contributed by atoms with van der Waals surface area (Å²) in [4.78, 5) is 21.8. The maximum atomic E-state index is 13.1. The topological polar surface area (TPSA) is 45.7 Å². The molecule has 1 aromatic carbocycles. The Labute approximate surface area is 171 Å². The molecule has 2 aliphatic rings. The SMILES string of the molecule is O=C(CN1CCOCC1)N1CCCC[C@H]1c1ccc(Cc2ccc(F)cc2)nc1. The standard InChI is InChI=1S/C23H28FN3O2/c24-20-7-4-18(5-8-20)15-21-9-6-19(16-25-21)22-3-1-2-10-27(22)23(28)17-26-11-13-29-14-12-26/h4-9,16,22H,1-3,10-15,17H2/t22-/m0/s1. The predicted molar refractivity (Wildman–Crippen MR) is 109 cm³/mol. The molecule has 0 N–H and O–H groups in total. The van der Waals surface area contributed by atoms with E-state index in [0.29, 0.717) is 26.2 Å². The van der Waals surface area contributed by atoms with Gasteiger partial charge in [-0.05, 0) is 48.6 Å². The molecule has 0 spiro atoms. The van der Waals surface area contributed by atoms with Crippen molar-refractivity contribution in [3.05, 3.63) is 65.2 Å². The molecule has 0 bridgehead atoms. The fraction of sp³-hybridized carbons (Fsp3) is 0.478. The average Bonchev–Trinajstić information content (AvgIpc) is 2.77. The molecule has 3 heterocycles. The quantitative estimate of drug-likeness (QED) is 0.777. The van der Waals surface area contributed by atoms with Crippen molar-refractivity contribution in [2.45, 2.75) is 31.7 Å². The zero-order chi connectivity index (χ0) is 20.1. The molecule has 1 amide bonds. The van der Waals surface area contributed by atoms with E-state index in [1.165, 1.54) is 12.1 Å². The van der Waals surface area contributed by atoms with Crippen LogP contribution in [0.15, 0.2) is 42.6 Å².